The number of likely N-dealkylation sites (tertiary alicyclic amines) is 2. The third kappa shape index (κ3) is 4.83. The molecule has 3 nitrogen and oxygen atoms in total. The number of amides is 1. The second kappa shape index (κ2) is 8.66. The maximum absolute atomic E-state index is 12.7. The molecular weight excluding hydrogens is 296 g/mol. The van der Waals surface area contributed by atoms with E-state index < -0.39 is 0 Å². The lowest BCUT2D eigenvalue weighted by atomic mass is 9.92. The normalized spacial score (nSPS) is 23.4. The molecule has 0 N–H and O–H groups in total. The van der Waals surface area contributed by atoms with Crippen LogP contribution in [0.3, 0.4) is 0 Å². The average molecular weight is 329 g/mol. The summed E-state index contributed by atoms with van der Waals surface area (Å²) in [5, 5.41) is 0. The van der Waals surface area contributed by atoms with Crippen molar-refractivity contribution >= 4 is 5.91 Å². The fraction of sp³-hybridized carbons (Fsp3) is 0.667. The van der Waals surface area contributed by atoms with Gasteiger partial charge in [-0.15, -0.1) is 0 Å². The summed E-state index contributed by atoms with van der Waals surface area (Å²) >= 11 is 0. The molecule has 3 heteroatoms. The highest BCUT2D eigenvalue weighted by atomic mass is 16.2. The molecule has 0 saturated carbocycles. The van der Waals surface area contributed by atoms with E-state index >= 15 is 0 Å². The first-order valence-corrected chi connectivity index (χ1v) is 9.77. The third-order valence-corrected chi connectivity index (χ3v) is 5.69. The van der Waals surface area contributed by atoms with E-state index in [2.05, 4.69) is 47.1 Å². The minimum Gasteiger partial charge on any atom is -0.342 e. The molecule has 2 fully saturated rings. The van der Waals surface area contributed by atoms with E-state index in [-0.39, 0.29) is 5.92 Å². The fourth-order valence-corrected chi connectivity index (χ4v) is 4.20. The number of carbonyl (C=O) groups is 1. The van der Waals surface area contributed by atoms with Crippen molar-refractivity contribution in [1.82, 2.24) is 9.80 Å². The Kier molecular flexibility index (Phi) is 6.30. The van der Waals surface area contributed by atoms with Gasteiger partial charge in [-0.25, -0.2) is 0 Å². The van der Waals surface area contributed by atoms with E-state index in [4.69, 9.17) is 0 Å². The molecule has 24 heavy (non-hydrogen) atoms. The van der Waals surface area contributed by atoms with Crippen LogP contribution in [0, 0.1) is 11.8 Å². The van der Waals surface area contributed by atoms with Crippen molar-refractivity contribution < 1.29 is 4.79 Å². The van der Waals surface area contributed by atoms with Crippen molar-refractivity contribution in [3.05, 3.63) is 35.9 Å². The summed E-state index contributed by atoms with van der Waals surface area (Å²) in [6.07, 6.45) is 6.94. The first-order chi connectivity index (χ1) is 11.7. The van der Waals surface area contributed by atoms with Crippen molar-refractivity contribution in [1.29, 1.82) is 0 Å². The predicted octanol–water partition coefficient (Wildman–Crippen LogP) is 3.59. The molecule has 2 aliphatic rings. The number of nitrogens with zero attached hydrogens (tertiary/aromatic N) is 2. The summed E-state index contributed by atoms with van der Waals surface area (Å²) in [6, 6.07) is 10.7. The van der Waals surface area contributed by atoms with Gasteiger partial charge in [-0.3, -0.25) is 4.79 Å². The number of rotatable bonds is 5. The molecule has 0 aromatic heterocycles. The minimum absolute atomic E-state index is 0.278. The number of carbonyl (C=O) groups excluding carboxylic acids is 1. The first kappa shape index (κ1) is 17.5. The summed E-state index contributed by atoms with van der Waals surface area (Å²) < 4.78 is 0. The van der Waals surface area contributed by atoms with Crippen LogP contribution < -0.4 is 0 Å². The molecule has 2 heterocycles. The van der Waals surface area contributed by atoms with Crippen molar-refractivity contribution in [2.24, 2.45) is 11.8 Å². The number of aryl methyl sites for hydroxylation is 1. The number of hydrogen-bond donors (Lipinski definition) is 0. The Hall–Kier alpha value is -1.35. The second-order valence-electron chi connectivity index (χ2n) is 7.74. The lowest BCUT2D eigenvalue weighted by Crippen LogP contribution is -2.46. The largest absolute Gasteiger partial charge is 0.342 e. The van der Waals surface area contributed by atoms with Crippen LogP contribution in [0.5, 0.6) is 0 Å². The molecular formula is C21H32N2O. The Morgan fingerprint density at radius 1 is 1.08 bits per heavy atom. The van der Waals surface area contributed by atoms with Gasteiger partial charge in [-0.2, -0.15) is 0 Å². The van der Waals surface area contributed by atoms with E-state index in [0.29, 0.717) is 11.8 Å². The maximum atomic E-state index is 12.7. The standard InChI is InChI=1S/C21H32N2O/c1-18-7-5-14-23(17-18)21(24)20-11-15-22(16-12-20)13-6-10-19-8-3-2-4-9-19/h2-4,8-9,18,20H,5-7,10-17H2,1H3/t18-/m0/s1. The molecule has 2 aliphatic heterocycles. The second-order valence-corrected chi connectivity index (χ2v) is 7.74. The molecule has 1 atom stereocenters. The van der Waals surface area contributed by atoms with Crippen LogP contribution >= 0.6 is 0 Å². The Balaban J connectivity index is 1.37. The van der Waals surface area contributed by atoms with Crippen LogP contribution in [0.1, 0.15) is 44.6 Å². The van der Waals surface area contributed by atoms with Crippen LogP contribution in [0.4, 0.5) is 0 Å². The summed E-state index contributed by atoms with van der Waals surface area (Å²) in [5.74, 6) is 1.40. The van der Waals surface area contributed by atoms with Gasteiger partial charge in [0, 0.05) is 19.0 Å². The zero-order valence-electron chi connectivity index (χ0n) is 15.1. The fourth-order valence-electron chi connectivity index (χ4n) is 4.20. The van der Waals surface area contributed by atoms with E-state index in [0.717, 1.165) is 52.0 Å². The quantitative estimate of drug-likeness (QED) is 0.825. The van der Waals surface area contributed by atoms with Crippen molar-refractivity contribution in [2.75, 3.05) is 32.7 Å². The highest BCUT2D eigenvalue weighted by Gasteiger charge is 2.30. The van der Waals surface area contributed by atoms with Gasteiger partial charge in [0.25, 0.3) is 0 Å². The number of benzene rings is 1. The van der Waals surface area contributed by atoms with E-state index in [1.807, 2.05) is 0 Å². The molecule has 1 aromatic rings. The molecule has 3 rings (SSSR count). The topological polar surface area (TPSA) is 23.6 Å². The molecule has 0 bridgehead atoms. The molecule has 0 spiro atoms. The van der Waals surface area contributed by atoms with Gasteiger partial charge in [-0.05, 0) is 69.6 Å². The van der Waals surface area contributed by atoms with Gasteiger partial charge in [0.1, 0.15) is 0 Å². The lowest BCUT2D eigenvalue weighted by Gasteiger charge is -2.37. The zero-order valence-corrected chi connectivity index (χ0v) is 15.1. The van der Waals surface area contributed by atoms with Crippen LogP contribution in [0.2, 0.25) is 0 Å². The zero-order chi connectivity index (χ0) is 16.8. The van der Waals surface area contributed by atoms with Crippen LogP contribution in [0.25, 0.3) is 0 Å². The molecule has 0 aliphatic carbocycles. The Labute approximate surface area is 147 Å². The van der Waals surface area contributed by atoms with Gasteiger partial charge in [0.2, 0.25) is 5.91 Å². The van der Waals surface area contributed by atoms with Crippen molar-refractivity contribution in [3.8, 4) is 0 Å². The van der Waals surface area contributed by atoms with Gasteiger partial charge < -0.3 is 9.80 Å². The molecule has 2 saturated heterocycles. The maximum Gasteiger partial charge on any atom is 0.225 e. The van der Waals surface area contributed by atoms with Crippen LogP contribution in [-0.2, 0) is 11.2 Å². The highest BCUT2D eigenvalue weighted by Crippen LogP contribution is 2.23. The third-order valence-electron chi connectivity index (χ3n) is 5.69. The number of hydrogen-bond acceptors (Lipinski definition) is 2. The van der Waals surface area contributed by atoms with Crippen LogP contribution in [-0.4, -0.2) is 48.4 Å². The Morgan fingerprint density at radius 2 is 1.83 bits per heavy atom. The molecule has 0 radical (unpaired) electrons. The van der Waals surface area contributed by atoms with E-state index in [1.165, 1.54) is 24.8 Å². The van der Waals surface area contributed by atoms with Gasteiger partial charge in [0.15, 0.2) is 0 Å². The summed E-state index contributed by atoms with van der Waals surface area (Å²) in [6.45, 7) is 7.59. The monoisotopic (exact) mass is 328 g/mol. The summed E-state index contributed by atoms with van der Waals surface area (Å²) in [7, 11) is 0. The van der Waals surface area contributed by atoms with Crippen molar-refractivity contribution in [3.63, 3.8) is 0 Å². The predicted molar refractivity (Wildman–Crippen MR) is 98.9 cm³/mol. The lowest BCUT2D eigenvalue weighted by molar-refractivity contribution is -0.138. The first-order valence-electron chi connectivity index (χ1n) is 9.77. The molecule has 132 valence electrons. The summed E-state index contributed by atoms with van der Waals surface area (Å²) in [4.78, 5) is 17.4. The highest BCUT2D eigenvalue weighted by molar-refractivity contribution is 5.79. The van der Waals surface area contributed by atoms with Gasteiger partial charge in [0.05, 0.1) is 0 Å². The van der Waals surface area contributed by atoms with E-state index in [1.54, 1.807) is 0 Å². The SMILES string of the molecule is C[C@H]1CCCN(C(=O)C2CCN(CCCc3ccccc3)CC2)C1. The Bertz CT molecular complexity index is 508. The molecule has 0 unspecified atom stereocenters. The smallest absolute Gasteiger partial charge is 0.225 e. The minimum atomic E-state index is 0.278. The van der Waals surface area contributed by atoms with E-state index in [9.17, 15) is 4.79 Å². The number of piperidine rings is 2. The molecule has 1 aromatic carbocycles. The molecule has 1 amide bonds. The van der Waals surface area contributed by atoms with Gasteiger partial charge >= 0.3 is 0 Å². The Morgan fingerprint density at radius 3 is 2.54 bits per heavy atom. The van der Waals surface area contributed by atoms with Gasteiger partial charge in [-0.1, -0.05) is 37.3 Å². The van der Waals surface area contributed by atoms with Crippen molar-refractivity contribution in [2.45, 2.75) is 45.4 Å². The van der Waals surface area contributed by atoms with Crippen LogP contribution in [0.15, 0.2) is 30.3 Å². The average Bonchev–Trinajstić information content (AvgIpc) is 2.63. The summed E-state index contributed by atoms with van der Waals surface area (Å²) in [5.41, 5.74) is 1.43.